The largest absolute Gasteiger partial charge is 0.467 e. The first kappa shape index (κ1) is 13.7. The molecule has 0 fully saturated rings. The van der Waals surface area contributed by atoms with Gasteiger partial charge in [-0.2, -0.15) is 5.48 Å². The third-order valence-electron chi connectivity index (χ3n) is 1.25. The minimum Gasteiger partial charge on any atom is -0.467 e. The van der Waals surface area contributed by atoms with Gasteiger partial charge < -0.3 is 9.47 Å². The summed E-state index contributed by atoms with van der Waals surface area (Å²) in [5, 5.41) is 0. The fourth-order valence-corrected chi connectivity index (χ4v) is 0.650. The average molecular weight is 219 g/mol. The molecule has 0 aliphatic heterocycles. The van der Waals surface area contributed by atoms with E-state index in [0.717, 1.165) is 0 Å². The first-order valence-electron chi connectivity index (χ1n) is 4.48. The quantitative estimate of drug-likeness (QED) is 0.566. The number of hydroxylamine groups is 1. The Labute approximate surface area is 88.8 Å². The molecule has 1 unspecified atom stereocenters. The summed E-state index contributed by atoms with van der Waals surface area (Å²) < 4.78 is 9.26. The topological polar surface area (TPSA) is 73.9 Å². The van der Waals surface area contributed by atoms with E-state index in [1.807, 2.05) is 5.48 Å². The van der Waals surface area contributed by atoms with Crippen LogP contribution in [-0.4, -0.2) is 30.9 Å². The molecule has 0 spiro atoms. The number of rotatable bonds is 3. The highest BCUT2D eigenvalue weighted by atomic mass is 16.7. The normalized spacial score (nSPS) is 12.9. The van der Waals surface area contributed by atoms with E-state index < -0.39 is 23.8 Å². The summed E-state index contributed by atoms with van der Waals surface area (Å²) >= 11 is 0. The van der Waals surface area contributed by atoms with Crippen molar-refractivity contribution in [2.24, 2.45) is 0 Å². The molecule has 88 valence electrons. The van der Waals surface area contributed by atoms with Crippen molar-refractivity contribution in [2.75, 3.05) is 7.11 Å². The zero-order valence-corrected chi connectivity index (χ0v) is 9.62. The van der Waals surface area contributed by atoms with E-state index in [1.165, 1.54) is 14.0 Å². The second-order valence-corrected chi connectivity index (χ2v) is 3.89. The van der Waals surface area contributed by atoms with Crippen LogP contribution in [0.2, 0.25) is 0 Å². The van der Waals surface area contributed by atoms with E-state index in [4.69, 9.17) is 9.57 Å². The summed E-state index contributed by atoms with van der Waals surface area (Å²) in [5.41, 5.74) is 1.38. The minimum atomic E-state index is -0.873. The molecule has 0 saturated heterocycles. The van der Waals surface area contributed by atoms with E-state index in [2.05, 4.69) is 4.74 Å². The molecule has 15 heavy (non-hydrogen) atoms. The molecule has 1 amide bonds. The van der Waals surface area contributed by atoms with Crippen LogP contribution < -0.4 is 5.48 Å². The zero-order chi connectivity index (χ0) is 12.1. The van der Waals surface area contributed by atoms with Gasteiger partial charge in [0.05, 0.1) is 7.11 Å². The van der Waals surface area contributed by atoms with E-state index in [9.17, 15) is 9.59 Å². The molecule has 0 aliphatic carbocycles. The molecule has 0 aliphatic rings. The van der Waals surface area contributed by atoms with E-state index >= 15 is 0 Å². The number of carbonyl (C=O) groups is 2. The van der Waals surface area contributed by atoms with Gasteiger partial charge in [0.2, 0.25) is 0 Å². The van der Waals surface area contributed by atoms with Crippen molar-refractivity contribution in [1.82, 2.24) is 5.48 Å². The molecule has 0 aromatic carbocycles. The lowest BCUT2D eigenvalue weighted by Crippen LogP contribution is -2.37. The molecule has 0 heterocycles. The standard InChI is InChI=1S/C9H17NO5/c1-6(7(11)13-5)15-10-8(12)14-9(2,3)4/h6H,1-5H3,(H,10,12). The van der Waals surface area contributed by atoms with Crippen LogP contribution in [0.1, 0.15) is 27.7 Å². The first-order valence-corrected chi connectivity index (χ1v) is 4.48. The number of hydrogen-bond donors (Lipinski definition) is 1. The van der Waals surface area contributed by atoms with Crippen LogP contribution in [0.3, 0.4) is 0 Å². The van der Waals surface area contributed by atoms with E-state index in [1.54, 1.807) is 20.8 Å². The molecule has 6 nitrogen and oxygen atoms in total. The number of esters is 1. The molecule has 0 aromatic heterocycles. The number of ether oxygens (including phenoxy) is 2. The predicted molar refractivity (Wildman–Crippen MR) is 51.9 cm³/mol. The van der Waals surface area contributed by atoms with Gasteiger partial charge in [-0.3, -0.25) is 4.84 Å². The minimum absolute atomic E-state index is 0.578. The second kappa shape index (κ2) is 5.55. The molecule has 0 radical (unpaired) electrons. The van der Waals surface area contributed by atoms with Crippen molar-refractivity contribution in [2.45, 2.75) is 39.4 Å². The Morgan fingerprint density at radius 2 is 1.80 bits per heavy atom. The average Bonchev–Trinajstić information content (AvgIpc) is 2.10. The summed E-state index contributed by atoms with van der Waals surface area (Å²) in [6.45, 7) is 6.60. The monoisotopic (exact) mass is 219 g/mol. The predicted octanol–water partition coefficient (Wildman–Crippen LogP) is 1.00. The van der Waals surface area contributed by atoms with Crippen molar-refractivity contribution in [3.8, 4) is 0 Å². The van der Waals surface area contributed by atoms with Gasteiger partial charge in [0.1, 0.15) is 5.60 Å². The summed E-state index contributed by atoms with van der Waals surface area (Å²) in [4.78, 5) is 26.6. The molecular formula is C9H17NO5. The summed E-state index contributed by atoms with van der Waals surface area (Å²) in [6, 6.07) is 0. The molecule has 0 bridgehead atoms. The maximum absolute atomic E-state index is 11.1. The van der Waals surface area contributed by atoms with E-state index in [-0.39, 0.29) is 0 Å². The fraction of sp³-hybridized carbons (Fsp3) is 0.778. The van der Waals surface area contributed by atoms with Crippen LogP contribution in [0, 0.1) is 0 Å². The molecule has 0 rings (SSSR count). The van der Waals surface area contributed by atoms with Gasteiger partial charge in [-0.25, -0.2) is 9.59 Å². The highest BCUT2D eigenvalue weighted by Crippen LogP contribution is 2.06. The van der Waals surface area contributed by atoms with Crippen molar-refractivity contribution in [3.63, 3.8) is 0 Å². The molecular weight excluding hydrogens is 202 g/mol. The van der Waals surface area contributed by atoms with E-state index in [0.29, 0.717) is 0 Å². The van der Waals surface area contributed by atoms with Crippen molar-refractivity contribution >= 4 is 12.1 Å². The zero-order valence-electron chi connectivity index (χ0n) is 9.62. The SMILES string of the molecule is COC(=O)C(C)ONC(=O)OC(C)(C)C. The Kier molecular flexibility index (Phi) is 5.07. The second-order valence-electron chi connectivity index (χ2n) is 3.89. The molecule has 0 saturated carbocycles. The highest BCUT2D eigenvalue weighted by Gasteiger charge is 2.19. The van der Waals surface area contributed by atoms with Crippen LogP contribution >= 0.6 is 0 Å². The lowest BCUT2D eigenvalue weighted by atomic mass is 10.2. The van der Waals surface area contributed by atoms with Gasteiger partial charge in [-0.1, -0.05) is 0 Å². The van der Waals surface area contributed by atoms with Crippen LogP contribution in [0.15, 0.2) is 0 Å². The number of amides is 1. The van der Waals surface area contributed by atoms with Gasteiger partial charge in [0.15, 0.2) is 6.10 Å². The van der Waals surface area contributed by atoms with Gasteiger partial charge >= 0.3 is 12.1 Å². The molecule has 1 atom stereocenters. The maximum Gasteiger partial charge on any atom is 0.431 e. The van der Waals surface area contributed by atoms with Gasteiger partial charge in [-0.15, -0.1) is 0 Å². The van der Waals surface area contributed by atoms with Gasteiger partial charge in [-0.05, 0) is 27.7 Å². The lowest BCUT2D eigenvalue weighted by molar-refractivity contribution is -0.157. The summed E-state index contributed by atoms with van der Waals surface area (Å²) in [5.74, 6) is -0.578. The molecule has 6 heteroatoms. The summed E-state index contributed by atoms with van der Waals surface area (Å²) in [7, 11) is 1.23. The van der Waals surface area contributed by atoms with Crippen LogP contribution in [-0.2, 0) is 19.1 Å². The Bertz CT molecular complexity index is 233. The fourth-order valence-electron chi connectivity index (χ4n) is 0.650. The smallest absolute Gasteiger partial charge is 0.431 e. The van der Waals surface area contributed by atoms with Crippen molar-refractivity contribution in [1.29, 1.82) is 0 Å². The van der Waals surface area contributed by atoms with Gasteiger partial charge in [0, 0.05) is 0 Å². The number of nitrogens with one attached hydrogen (secondary N) is 1. The third-order valence-corrected chi connectivity index (χ3v) is 1.25. The Morgan fingerprint density at radius 3 is 2.20 bits per heavy atom. The lowest BCUT2D eigenvalue weighted by Gasteiger charge is -2.20. The first-order chi connectivity index (χ1) is 6.76. The molecule has 1 N–H and O–H groups in total. The number of carbonyl (C=O) groups excluding carboxylic acids is 2. The Morgan fingerprint density at radius 1 is 1.27 bits per heavy atom. The van der Waals surface area contributed by atoms with Crippen LogP contribution in [0.5, 0.6) is 0 Å². The summed E-state index contributed by atoms with van der Waals surface area (Å²) in [6.07, 6.45) is -1.62. The Balaban J connectivity index is 3.86. The van der Waals surface area contributed by atoms with Gasteiger partial charge in [0.25, 0.3) is 0 Å². The number of hydrogen-bond acceptors (Lipinski definition) is 5. The van der Waals surface area contributed by atoms with Crippen LogP contribution in [0.4, 0.5) is 4.79 Å². The maximum atomic E-state index is 11.1. The van der Waals surface area contributed by atoms with Crippen molar-refractivity contribution < 1.29 is 23.9 Å². The Hall–Kier alpha value is -1.30. The molecule has 0 aromatic rings. The highest BCUT2D eigenvalue weighted by molar-refractivity contribution is 5.74. The number of methoxy groups -OCH3 is 1. The third kappa shape index (κ3) is 6.73. The van der Waals surface area contributed by atoms with Crippen LogP contribution in [0.25, 0.3) is 0 Å². The van der Waals surface area contributed by atoms with Crippen molar-refractivity contribution in [3.05, 3.63) is 0 Å².